The third kappa shape index (κ3) is 5.72. The molecule has 0 aliphatic carbocycles. The number of allylic oxidation sites excluding steroid dienone is 12. The molecule has 5 heterocycles. The SMILES string of the molecule is Sc1ccccc1C1=C2C=CC(=N2)C(c2ccccc2S)=C2C=CC(=N2)C(c2ccccc2S)=C2C=CC(=N2)C(c2ccccc2S)=C2C=CC1=N2. The van der Waals surface area contributed by atoms with Gasteiger partial charge in [-0.25, -0.2) is 20.0 Å². The van der Waals surface area contributed by atoms with Crippen LogP contribution in [0.1, 0.15) is 22.3 Å². The largest absolute Gasteiger partial charge is 0.248 e. The molecule has 0 saturated carbocycles. The second kappa shape index (κ2) is 13.5. The van der Waals surface area contributed by atoms with Crippen molar-refractivity contribution in [1.82, 2.24) is 0 Å². The van der Waals surface area contributed by atoms with Crippen molar-refractivity contribution in [2.75, 3.05) is 0 Å². The molecular weight excluding hydrogens is 713 g/mol. The van der Waals surface area contributed by atoms with E-state index in [9.17, 15) is 0 Å². The van der Waals surface area contributed by atoms with E-state index in [0.29, 0.717) is 0 Å². The minimum atomic E-state index is 0.773. The molecule has 0 N–H and O–H groups in total. The van der Waals surface area contributed by atoms with Gasteiger partial charge in [0.2, 0.25) is 0 Å². The summed E-state index contributed by atoms with van der Waals surface area (Å²) in [4.78, 5) is 24.6. The van der Waals surface area contributed by atoms with Crippen LogP contribution in [0, 0.1) is 0 Å². The summed E-state index contributed by atoms with van der Waals surface area (Å²) >= 11 is 19.6. The highest BCUT2D eigenvalue weighted by Crippen LogP contribution is 2.41. The van der Waals surface area contributed by atoms with E-state index in [4.69, 9.17) is 70.5 Å². The lowest BCUT2D eigenvalue weighted by Crippen LogP contribution is -2.04. The molecule has 0 fully saturated rings. The molecule has 52 heavy (non-hydrogen) atoms. The number of rotatable bonds is 4. The Bertz CT molecular complexity index is 2290. The number of aliphatic imine (C=N–C) groups is 4. The number of fused-ring (bicyclic) bond motifs is 4. The standard InChI is InChI=1S/C44H28N4S4/c49-37-13-5-1-9-25(37)41-29-17-19-31(45-29)42(26-10-2-6-14-38(26)50)33-21-23-35(47-33)44(28-12-4-8-16-40(28)52)36-24-22-34(48-36)43(32-20-18-30(41)46-32)27-11-3-7-15-39(27)51/h1-24,49-52H. The molecule has 0 spiro atoms. The fourth-order valence-corrected chi connectivity index (χ4v) is 8.02. The summed E-state index contributed by atoms with van der Waals surface area (Å²) in [7, 11) is 0. The Hall–Kier alpha value is -5.12. The van der Waals surface area contributed by atoms with Gasteiger partial charge in [-0.1, -0.05) is 72.8 Å². The van der Waals surface area contributed by atoms with Gasteiger partial charge in [0.15, 0.2) is 0 Å². The number of hydrogen-bond acceptors (Lipinski definition) is 8. The van der Waals surface area contributed by atoms with E-state index in [1.54, 1.807) is 0 Å². The first-order valence-corrected chi connectivity index (χ1v) is 18.4. The van der Waals surface area contributed by atoms with Gasteiger partial charge in [0.05, 0.1) is 45.6 Å². The molecule has 8 bridgehead atoms. The van der Waals surface area contributed by atoms with Crippen LogP contribution in [0.5, 0.6) is 0 Å². The number of hydrogen-bond donors (Lipinski definition) is 4. The van der Waals surface area contributed by atoms with Crippen molar-refractivity contribution in [3.8, 4) is 0 Å². The lowest BCUT2D eigenvalue weighted by molar-refractivity contribution is 1.35. The molecule has 0 aromatic heterocycles. The zero-order chi connectivity index (χ0) is 35.3. The Labute approximate surface area is 324 Å². The van der Waals surface area contributed by atoms with Crippen molar-refractivity contribution in [3.63, 3.8) is 0 Å². The molecule has 0 radical (unpaired) electrons. The third-order valence-electron chi connectivity index (χ3n) is 9.30. The zero-order valence-corrected chi connectivity index (χ0v) is 31.0. The van der Waals surface area contributed by atoms with Crippen molar-refractivity contribution < 1.29 is 0 Å². The van der Waals surface area contributed by atoms with Gasteiger partial charge in [0.1, 0.15) is 0 Å². The summed E-state index contributed by atoms with van der Waals surface area (Å²) in [6.45, 7) is 0. The van der Waals surface area contributed by atoms with E-state index in [1.165, 1.54) is 0 Å². The Morgan fingerprint density at radius 1 is 0.269 bits per heavy atom. The van der Waals surface area contributed by atoms with Crippen LogP contribution in [0.25, 0.3) is 22.3 Å². The van der Waals surface area contributed by atoms with Crippen LogP contribution < -0.4 is 0 Å². The summed E-state index contributed by atoms with van der Waals surface area (Å²) in [5, 5.41) is 0. The van der Waals surface area contributed by atoms with Crippen molar-refractivity contribution in [2.24, 2.45) is 20.0 Å². The molecule has 0 saturated heterocycles. The Morgan fingerprint density at radius 3 is 0.692 bits per heavy atom. The zero-order valence-electron chi connectivity index (χ0n) is 27.4. The Balaban J connectivity index is 1.40. The van der Waals surface area contributed by atoms with Gasteiger partial charge in [-0.3, -0.25) is 0 Å². The summed E-state index contributed by atoms with van der Waals surface area (Å²) < 4.78 is 0. The molecule has 4 nitrogen and oxygen atoms in total. The van der Waals surface area contributed by atoms with Crippen molar-refractivity contribution in [2.45, 2.75) is 19.6 Å². The maximum Gasteiger partial charge on any atom is 0.0738 e. The van der Waals surface area contributed by atoms with Gasteiger partial charge in [-0.05, 0) is 95.1 Å². The van der Waals surface area contributed by atoms with E-state index in [-0.39, 0.29) is 0 Å². The van der Waals surface area contributed by atoms with Gasteiger partial charge in [0.25, 0.3) is 0 Å². The summed E-state index contributed by atoms with van der Waals surface area (Å²) in [6.07, 6.45) is 16.4. The van der Waals surface area contributed by atoms with E-state index < -0.39 is 0 Å². The quantitative estimate of drug-likeness (QED) is 0.151. The molecule has 4 aromatic carbocycles. The normalized spacial score (nSPS) is 17.5. The summed E-state index contributed by atoms with van der Waals surface area (Å²) in [6, 6.07) is 32.2. The van der Waals surface area contributed by atoms with Crippen LogP contribution in [-0.2, 0) is 0 Å². The first kappa shape index (κ1) is 32.8. The lowest BCUT2D eigenvalue weighted by atomic mass is 9.98. The van der Waals surface area contributed by atoms with Crippen LogP contribution in [0.4, 0.5) is 0 Å². The summed E-state index contributed by atoms with van der Waals surface area (Å²) in [5.74, 6) is 0. The van der Waals surface area contributed by atoms with E-state index in [0.717, 1.165) is 110 Å². The van der Waals surface area contributed by atoms with Gasteiger partial charge in [0, 0.05) is 41.9 Å². The average molecular weight is 741 g/mol. The van der Waals surface area contributed by atoms with Crippen molar-refractivity contribution in [1.29, 1.82) is 0 Å². The molecular formula is C44H28N4S4. The van der Waals surface area contributed by atoms with Crippen LogP contribution >= 0.6 is 50.5 Å². The van der Waals surface area contributed by atoms with Crippen LogP contribution in [0.3, 0.4) is 0 Å². The number of nitrogens with zero attached hydrogens (tertiary/aromatic N) is 4. The molecule has 5 aliphatic heterocycles. The molecule has 0 amide bonds. The maximum absolute atomic E-state index is 5.33. The molecule has 0 unspecified atom stereocenters. The molecule has 248 valence electrons. The van der Waals surface area contributed by atoms with Gasteiger partial charge in [-0.15, -0.1) is 50.5 Å². The number of benzene rings is 4. The fraction of sp³-hybridized carbons (Fsp3) is 0. The molecule has 8 heteroatoms. The lowest BCUT2D eigenvalue weighted by Gasteiger charge is -2.14. The molecule has 5 aliphatic rings. The smallest absolute Gasteiger partial charge is 0.0738 e. The van der Waals surface area contributed by atoms with Gasteiger partial charge in [-0.2, -0.15) is 0 Å². The predicted molar refractivity (Wildman–Crippen MR) is 229 cm³/mol. The van der Waals surface area contributed by atoms with E-state index >= 15 is 0 Å². The van der Waals surface area contributed by atoms with Crippen LogP contribution in [0.15, 0.2) is 208 Å². The third-order valence-corrected chi connectivity index (χ3v) is 10.9. The van der Waals surface area contributed by atoms with Crippen molar-refractivity contribution in [3.05, 3.63) is 191 Å². The minimum Gasteiger partial charge on any atom is -0.248 e. The average Bonchev–Trinajstić information content (AvgIpc) is 3.99. The minimum absolute atomic E-state index is 0.773. The van der Waals surface area contributed by atoms with Gasteiger partial charge >= 0.3 is 0 Å². The fourth-order valence-electron chi connectivity index (χ4n) is 6.93. The van der Waals surface area contributed by atoms with E-state index in [2.05, 4.69) is 72.9 Å². The first-order valence-electron chi connectivity index (χ1n) is 16.6. The topological polar surface area (TPSA) is 49.4 Å². The molecule has 4 aromatic rings. The summed E-state index contributed by atoms with van der Waals surface area (Å²) in [5.41, 5.74) is 13.4. The second-order valence-corrected chi connectivity index (χ2v) is 14.4. The van der Waals surface area contributed by atoms with Gasteiger partial charge < -0.3 is 0 Å². The molecule has 9 rings (SSSR count). The molecule has 0 atom stereocenters. The Kier molecular flexibility index (Phi) is 8.48. The first-order chi connectivity index (χ1) is 25.4. The monoisotopic (exact) mass is 740 g/mol. The predicted octanol–water partition coefficient (Wildman–Crippen LogP) is 10.8. The highest BCUT2D eigenvalue weighted by Gasteiger charge is 2.29. The van der Waals surface area contributed by atoms with Crippen LogP contribution in [-0.4, -0.2) is 22.8 Å². The second-order valence-electron chi connectivity index (χ2n) is 12.4. The number of thiol groups is 4. The van der Waals surface area contributed by atoms with Crippen molar-refractivity contribution >= 4 is 95.7 Å². The highest BCUT2D eigenvalue weighted by molar-refractivity contribution is 7.81. The Morgan fingerprint density at radius 2 is 0.481 bits per heavy atom. The van der Waals surface area contributed by atoms with Crippen LogP contribution in [0.2, 0.25) is 0 Å². The maximum atomic E-state index is 5.33. The highest BCUT2D eigenvalue weighted by atomic mass is 32.1. The van der Waals surface area contributed by atoms with E-state index in [1.807, 2.05) is 72.8 Å².